The summed E-state index contributed by atoms with van der Waals surface area (Å²) in [6.45, 7) is 0. The summed E-state index contributed by atoms with van der Waals surface area (Å²) in [5.74, 6) is 0.519. The topological polar surface area (TPSA) is 65.0 Å². The SMILES string of the molecule is [2H]c1c(-c2ccc3c4ccccc4c4ccccc4c3c2)c([2H])c2c(oc3c([2H])c(-c4nc(-c5ccccc5-c5ccccc5)nc(-c5cccc6oc7ccccc7c56)n4)c([2H])c([2H])c32)c1[2H]. The fourth-order valence-electron chi connectivity index (χ4n) is 8.95. The van der Waals surface area contributed by atoms with Crippen LogP contribution >= 0.6 is 0 Å². The number of aromatic nitrogens is 3. The first kappa shape index (κ1) is 28.9. The van der Waals surface area contributed by atoms with Gasteiger partial charge in [-0.1, -0.05) is 158 Å². The Labute approximate surface area is 363 Å². The summed E-state index contributed by atoms with van der Waals surface area (Å²) in [7, 11) is 0. The van der Waals surface area contributed by atoms with Crippen LogP contribution in [0.2, 0.25) is 0 Å². The van der Waals surface area contributed by atoms with Crippen LogP contribution in [0.15, 0.2) is 209 Å². The van der Waals surface area contributed by atoms with Crippen LogP contribution in [0.4, 0.5) is 0 Å². The highest BCUT2D eigenvalue weighted by molar-refractivity contribution is 6.26. The lowest BCUT2D eigenvalue weighted by molar-refractivity contribution is 0.668. The molecular formula is C57H33N3O2. The van der Waals surface area contributed by atoms with Crippen LogP contribution < -0.4 is 0 Å². The van der Waals surface area contributed by atoms with Gasteiger partial charge in [-0.05, 0) is 96.9 Å². The predicted molar refractivity (Wildman–Crippen MR) is 254 cm³/mol. The quantitative estimate of drug-likeness (QED) is 0.162. The molecule has 13 rings (SSSR count). The third kappa shape index (κ3) is 5.38. The molecule has 0 amide bonds. The van der Waals surface area contributed by atoms with Crippen molar-refractivity contribution in [1.82, 2.24) is 15.0 Å². The maximum atomic E-state index is 9.75. The molecule has 5 nitrogen and oxygen atoms in total. The molecule has 13 aromatic rings. The number of furan rings is 2. The monoisotopic (exact) mass is 797 g/mol. The molecular weight excluding hydrogens is 759 g/mol. The largest absolute Gasteiger partial charge is 0.456 e. The van der Waals surface area contributed by atoms with E-state index in [0.717, 1.165) is 54.2 Å². The minimum absolute atomic E-state index is 0.0292. The van der Waals surface area contributed by atoms with E-state index in [9.17, 15) is 8.22 Å². The van der Waals surface area contributed by atoms with Crippen molar-refractivity contribution >= 4 is 76.2 Å². The van der Waals surface area contributed by atoms with Gasteiger partial charge in [-0.15, -0.1) is 0 Å². The first-order chi connectivity index (χ1) is 33.2. The Hall–Kier alpha value is -8.41. The molecule has 0 N–H and O–H groups in total. The normalized spacial score (nSPS) is 13.2. The number of fused-ring (bicyclic) bond motifs is 12. The molecule has 0 saturated carbocycles. The zero-order valence-electron chi connectivity index (χ0n) is 38.7. The molecule has 3 aromatic heterocycles. The molecule has 0 aliphatic rings. The number of rotatable bonds is 5. The third-order valence-corrected chi connectivity index (χ3v) is 11.8. The van der Waals surface area contributed by atoms with Crippen molar-refractivity contribution in [2.45, 2.75) is 0 Å². The average molecular weight is 798 g/mol. The Morgan fingerprint density at radius 1 is 0.306 bits per heavy atom. The van der Waals surface area contributed by atoms with E-state index in [0.29, 0.717) is 27.9 Å². The minimum Gasteiger partial charge on any atom is -0.456 e. The van der Waals surface area contributed by atoms with Gasteiger partial charge in [-0.2, -0.15) is 0 Å². The maximum absolute atomic E-state index is 9.75. The lowest BCUT2D eigenvalue weighted by atomic mass is 9.92. The molecule has 0 radical (unpaired) electrons. The second-order valence-electron chi connectivity index (χ2n) is 15.4. The molecule has 0 atom stereocenters. The summed E-state index contributed by atoms with van der Waals surface area (Å²) in [4.78, 5) is 15.1. The number of hydrogen-bond acceptors (Lipinski definition) is 5. The Bertz CT molecular complexity index is 4260. The zero-order valence-corrected chi connectivity index (χ0v) is 32.7. The van der Waals surface area contributed by atoms with Crippen molar-refractivity contribution in [1.29, 1.82) is 0 Å². The lowest BCUT2D eigenvalue weighted by Gasteiger charge is -2.12. The fraction of sp³-hybridized carbons (Fsp3) is 0. The zero-order chi connectivity index (χ0) is 45.9. The molecule has 288 valence electrons. The van der Waals surface area contributed by atoms with Crippen LogP contribution in [0.25, 0.3) is 133 Å². The van der Waals surface area contributed by atoms with Crippen LogP contribution in [0, 0.1) is 0 Å². The van der Waals surface area contributed by atoms with Crippen LogP contribution in [0.5, 0.6) is 0 Å². The number of hydrogen-bond donors (Lipinski definition) is 0. The highest BCUT2D eigenvalue weighted by Crippen LogP contribution is 2.41. The van der Waals surface area contributed by atoms with Gasteiger partial charge in [-0.3, -0.25) is 0 Å². The van der Waals surface area contributed by atoms with E-state index < -0.39 is 0 Å². The Kier molecular flexibility index (Phi) is 6.33. The van der Waals surface area contributed by atoms with Crippen molar-refractivity contribution in [3.63, 3.8) is 0 Å². The van der Waals surface area contributed by atoms with E-state index in [1.54, 1.807) is 0 Å². The molecule has 0 saturated heterocycles. The first-order valence-corrected chi connectivity index (χ1v) is 20.4. The van der Waals surface area contributed by atoms with Crippen molar-refractivity contribution < 1.29 is 17.1 Å². The van der Waals surface area contributed by atoms with E-state index in [-0.39, 0.29) is 86.8 Å². The second kappa shape index (κ2) is 13.6. The van der Waals surface area contributed by atoms with E-state index in [1.807, 2.05) is 140 Å². The highest BCUT2D eigenvalue weighted by Gasteiger charge is 2.20. The number of para-hydroxylation sites is 1. The van der Waals surface area contributed by atoms with Gasteiger partial charge in [0, 0.05) is 38.2 Å². The number of nitrogens with zero attached hydrogens (tertiary/aromatic N) is 3. The molecule has 62 heavy (non-hydrogen) atoms. The summed E-state index contributed by atoms with van der Waals surface area (Å²) in [5.41, 5.74) is 4.90. The van der Waals surface area contributed by atoms with Gasteiger partial charge in [0.05, 0.1) is 8.22 Å². The molecule has 10 aromatic carbocycles. The van der Waals surface area contributed by atoms with Crippen molar-refractivity contribution in [3.05, 3.63) is 200 Å². The van der Waals surface area contributed by atoms with Crippen molar-refractivity contribution in [2.75, 3.05) is 0 Å². The summed E-state index contributed by atoms with van der Waals surface area (Å²) >= 11 is 0. The minimum atomic E-state index is -0.358. The molecule has 0 spiro atoms. The van der Waals surface area contributed by atoms with Crippen LogP contribution in [0.3, 0.4) is 0 Å². The third-order valence-electron chi connectivity index (χ3n) is 11.8. The van der Waals surface area contributed by atoms with Crippen LogP contribution in [-0.2, 0) is 0 Å². The summed E-state index contributed by atoms with van der Waals surface area (Å²) in [5, 5.41) is 8.02. The summed E-state index contributed by atoms with van der Waals surface area (Å²) < 4.78 is 69.9. The van der Waals surface area contributed by atoms with Gasteiger partial charge in [0.25, 0.3) is 0 Å². The molecule has 0 aliphatic heterocycles. The van der Waals surface area contributed by atoms with Gasteiger partial charge in [-0.25, -0.2) is 15.0 Å². The average Bonchev–Trinajstić information content (AvgIpc) is 3.98. The molecule has 0 fully saturated rings. The van der Waals surface area contributed by atoms with E-state index in [2.05, 4.69) is 24.3 Å². The standard InChI is InChI=1S/C57H33N3O2/c1-2-13-34(14-3-1)38-15-4-9-20-45(38)56-58-55(59-57(60-56)47-22-12-24-52-54(47)46-21-10-11-23-50(46)61-52)37-26-29-44-49-32-36(27-30-51(49)62-53(44)33-37)35-25-28-43-41-18-6-5-16-39(41)40-17-7-8-19-42(40)48(43)31-35/h1-33H/i26D,27D,29D,30D,32D,33D. The smallest absolute Gasteiger partial charge is 0.164 e. The van der Waals surface area contributed by atoms with Gasteiger partial charge in [0.15, 0.2) is 17.5 Å². The van der Waals surface area contributed by atoms with Crippen molar-refractivity contribution in [3.8, 4) is 56.4 Å². The van der Waals surface area contributed by atoms with E-state index >= 15 is 0 Å². The van der Waals surface area contributed by atoms with Gasteiger partial charge in [0.1, 0.15) is 22.3 Å². The first-order valence-electron chi connectivity index (χ1n) is 23.4. The fourth-order valence-corrected chi connectivity index (χ4v) is 8.95. The summed E-state index contributed by atoms with van der Waals surface area (Å²) in [6, 6.07) is 51.6. The van der Waals surface area contributed by atoms with Gasteiger partial charge < -0.3 is 8.83 Å². The van der Waals surface area contributed by atoms with Gasteiger partial charge >= 0.3 is 0 Å². The molecule has 3 heterocycles. The molecule has 0 aliphatic carbocycles. The van der Waals surface area contributed by atoms with E-state index in [4.69, 9.17) is 23.8 Å². The maximum Gasteiger partial charge on any atom is 0.164 e. The highest BCUT2D eigenvalue weighted by atomic mass is 16.3. The molecule has 5 heteroatoms. The molecule has 0 unspecified atom stereocenters. The van der Waals surface area contributed by atoms with E-state index in [1.165, 1.54) is 0 Å². The molecule has 0 bridgehead atoms. The second-order valence-corrected chi connectivity index (χ2v) is 15.4. The van der Waals surface area contributed by atoms with Crippen molar-refractivity contribution in [2.24, 2.45) is 0 Å². The Balaban J connectivity index is 1.05. The number of benzene rings is 10. The lowest BCUT2D eigenvalue weighted by Crippen LogP contribution is -2.01. The van der Waals surface area contributed by atoms with Gasteiger partial charge in [0.2, 0.25) is 0 Å². The summed E-state index contributed by atoms with van der Waals surface area (Å²) in [6.07, 6.45) is 0. The Morgan fingerprint density at radius 2 is 0.887 bits per heavy atom. The predicted octanol–water partition coefficient (Wildman–Crippen LogP) is 15.5. The van der Waals surface area contributed by atoms with Crippen LogP contribution in [-0.4, -0.2) is 15.0 Å². The Morgan fingerprint density at radius 3 is 1.68 bits per heavy atom. The van der Waals surface area contributed by atoms with Crippen LogP contribution in [0.1, 0.15) is 8.22 Å².